The van der Waals surface area contributed by atoms with E-state index in [1.165, 1.54) is 69.8 Å². The number of allylic oxidation sites excluding steroid dienone is 4. The molecule has 4 aliphatic rings. The fraction of sp³-hybridized carbons (Fsp3) is 0.857. The average Bonchev–Trinajstić information content (AvgIpc) is 2.99. The van der Waals surface area contributed by atoms with Crippen LogP contribution in [0.2, 0.25) is 0 Å². The molecular formula is C28H46O. The largest absolute Gasteiger partial charge is 0.393 e. The summed E-state index contributed by atoms with van der Waals surface area (Å²) in [6.45, 7) is 14.4. The van der Waals surface area contributed by atoms with Gasteiger partial charge < -0.3 is 5.11 Å². The van der Waals surface area contributed by atoms with Crippen LogP contribution in [0.3, 0.4) is 0 Å². The molecule has 2 saturated carbocycles. The number of hydrogen-bond donors (Lipinski definition) is 1. The Bertz CT molecular complexity index is 693. The number of aliphatic hydroxyl groups is 1. The van der Waals surface area contributed by atoms with Crippen molar-refractivity contribution in [3.05, 3.63) is 22.8 Å². The maximum atomic E-state index is 10.7. The molecule has 1 nitrogen and oxygen atoms in total. The molecule has 0 bridgehead atoms. The first-order valence-electron chi connectivity index (χ1n) is 12.6. The smallest absolute Gasteiger partial charge is 0.0594 e. The minimum atomic E-state index is -0.117. The Morgan fingerprint density at radius 2 is 1.76 bits per heavy atom. The first kappa shape index (κ1) is 21.7. The van der Waals surface area contributed by atoms with E-state index in [4.69, 9.17) is 0 Å². The lowest BCUT2D eigenvalue weighted by molar-refractivity contribution is -0.0928. The number of aliphatic hydroxyl groups excluding tert-OH is 1. The molecule has 0 aromatic carbocycles. The quantitative estimate of drug-likeness (QED) is 0.377. The Balaban J connectivity index is 1.56. The molecule has 29 heavy (non-hydrogen) atoms. The van der Waals surface area contributed by atoms with Crippen LogP contribution < -0.4 is 0 Å². The molecule has 0 amide bonds. The number of fused-ring (bicyclic) bond motifs is 4. The van der Waals surface area contributed by atoms with Crippen molar-refractivity contribution in [2.45, 2.75) is 118 Å². The SMILES string of the molecule is CC(C)=CCCCC1CCC2C3=C(CCC12C)C1(C)CCC(O)C(C)(C)C1CC3. The molecule has 1 heteroatoms. The lowest BCUT2D eigenvalue weighted by Gasteiger charge is -2.59. The first-order chi connectivity index (χ1) is 13.6. The molecule has 0 spiro atoms. The van der Waals surface area contributed by atoms with E-state index >= 15 is 0 Å². The number of rotatable bonds is 4. The van der Waals surface area contributed by atoms with Gasteiger partial charge in [0.15, 0.2) is 0 Å². The minimum absolute atomic E-state index is 0.0649. The fourth-order valence-electron chi connectivity index (χ4n) is 8.62. The van der Waals surface area contributed by atoms with Gasteiger partial charge in [0.05, 0.1) is 6.10 Å². The highest BCUT2D eigenvalue weighted by molar-refractivity contribution is 5.35. The first-order valence-corrected chi connectivity index (χ1v) is 12.6. The lowest BCUT2D eigenvalue weighted by atomic mass is 9.46. The molecule has 0 aromatic rings. The third-order valence-corrected chi connectivity index (χ3v) is 10.4. The van der Waals surface area contributed by atoms with E-state index in [-0.39, 0.29) is 11.5 Å². The summed E-state index contributed by atoms with van der Waals surface area (Å²) in [6, 6.07) is 0. The molecule has 2 fully saturated rings. The molecule has 0 aliphatic heterocycles. The van der Waals surface area contributed by atoms with Gasteiger partial charge in [0.25, 0.3) is 0 Å². The second kappa shape index (κ2) is 7.54. The Morgan fingerprint density at radius 1 is 1.00 bits per heavy atom. The average molecular weight is 399 g/mol. The summed E-state index contributed by atoms with van der Waals surface area (Å²) in [7, 11) is 0. The van der Waals surface area contributed by atoms with Gasteiger partial charge in [-0.3, -0.25) is 0 Å². The predicted molar refractivity (Wildman–Crippen MR) is 124 cm³/mol. The van der Waals surface area contributed by atoms with Crippen molar-refractivity contribution < 1.29 is 5.11 Å². The summed E-state index contributed by atoms with van der Waals surface area (Å²) in [4.78, 5) is 0. The molecule has 0 saturated heterocycles. The maximum absolute atomic E-state index is 10.7. The topological polar surface area (TPSA) is 20.2 Å². The zero-order chi connectivity index (χ0) is 21.0. The molecule has 4 aliphatic carbocycles. The van der Waals surface area contributed by atoms with Crippen molar-refractivity contribution in [2.24, 2.45) is 34.0 Å². The zero-order valence-electron chi connectivity index (χ0n) is 20.1. The van der Waals surface area contributed by atoms with Crippen LogP contribution in [0.1, 0.15) is 112 Å². The van der Waals surface area contributed by atoms with E-state index in [0.717, 1.165) is 18.3 Å². The standard InChI is InChI=1S/C28H46O/c1-19(2)9-7-8-10-20-11-13-22-21-12-14-24-26(3,4)25(29)16-18-28(24,6)23(21)15-17-27(20,22)5/h9,20,22,24-25,29H,7-8,10-18H2,1-6H3. The zero-order valence-corrected chi connectivity index (χ0v) is 20.1. The van der Waals surface area contributed by atoms with Gasteiger partial charge in [0.1, 0.15) is 0 Å². The highest BCUT2D eigenvalue weighted by atomic mass is 16.3. The Hall–Kier alpha value is -0.560. The van der Waals surface area contributed by atoms with E-state index in [2.05, 4.69) is 47.6 Å². The second-order valence-corrected chi connectivity index (χ2v) is 12.4. The van der Waals surface area contributed by atoms with Crippen LogP contribution >= 0.6 is 0 Å². The third-order valence-electron chi connectivity index (χ3n) is 10.4. The highest BCUT2D eigenvalue weighted by Crippen LogP contribution is 2.67. The van der Waals surface area contributed by atoms with Crippen LogP contribution in [0.4, 0.5) is 0 Å². The summed E-state index contributed by atoms with van der Waals surface area (Å²) >= 11 is 0. The molecular weight excluding hydrogens is 352 g/mol. The Kier molecular flexibility index (Phi) is 5.63. The summed E-state index contributed by atoms with van der Waals surface area (Å²) in [5, 5.41) is 10.7. The van der Waals surface area contributed by atoms with E-state index in [9.17, 15) is 5.11 Å². The van der Waals surface area contributed by atoms with Crippen molar-refractivity contribution in [1.29, 1.82) is 0 Å². The second-order valence-electron chi connectivity index (χ2n) is 12.4. The Morgan fingerprint density at radius 3 is 2.48 bits per heavy atom. The minimum Gasteiger partial charge on any atom is -0.393 e. The maximum Gasteiger partial charge on any atom is 0.0594 e. The molecule has 164 valence electrons. The lowest BCUT2D eigenvalue weighted by Crippen LogP contribution is -2.53. The summed E-state index contributed by atoms with van der Waals surface area (Å²) < 4.78 is 0. The van der Waals surface area contributed by atoms with E-state index < -0.39 is 0 Å². The van der Waals surface area contributed by atoms with Crippen LogP contribution in [0.5, 0.6) is 0 Å². The molecule has 0 heterocycles. The number of unbranched alkanes of at least 4 members (excludes halogenated alkanes) is 1. The predicted octanol–water partition coefficient (Wildman–Crippen LogP) is 7.84. The molecule has 4 rings (SSSR count). The van der Waals surface area contributed by atoms with Gasteiger partial charge in [0, 0.05) is 0 Å². The van der Waals surface area contributed by atoms with E-state index in [1.807, 2.05) is 11.1 Å². The van der Waals surface area contributed by atoms with Crippen LogP contribution in [0.15, 0.2) is 22.8 Å². The van der Waals surface area contributed by atoms with E-state index in [0.29, 0.717) is 16.7 Å². The molecule has 6 unspecified atom stereocenters. The third kappa shape index (κ3) is 3.38. The van der Waals surface area contributed by atoms with Crippen LogP contribution in [-0.2, 0) is 0 Å². The van der Waals surface area contributed by atoms with E-state index in [1.54, 1.807) is 0 Å². The van der Waals surface area contributed by atoms with Gasteiger partial charge in [0.2, 0.25) is 0 Å². The van der Waals surface area contributed by atoms with Crippen LogP contribution in [0.25, 0.3) is 0 Å². The van der Waals surface area contributed by atoms with Crippen LogP contribution in [0, 0.1) is 34.0 Å². The number of hydrogen-bond acceptors (Lipinski definition) is 1. The highest BCUT2D eigenvalue weighted by Gasteiger charge is 2.58. The molecule has 0 aromatic heterocycles. The summed E-state index contributed by atoms with van der Waals surface area (Å²) in [5.74, 6) is 2.44. The summed E-state index contributed by atoms with van der Waals surface area (Å²) in [6.07, 6.45) is 16.8. The van der Waals surface area contributed by atoms with Gasteiger partial charge in [-0.25, -0.2) is 0 Å². The van der Waals surface area contributed by atoms with Gasteiger partial charge in [-0.05, 0) is 118 Å². The van der Waals surface area contributed by atoms with Crippen molar-refractivity contribution in [3.8, 4) is 0 Å². The van der Waals surface area contributed by atoms with Gasteiger partial charge in [-0.1, -0.05) is 50.5 Å². The summed E-state index contributed by atoms with van der Waals surface area (Å²) in [5.41, 5.74) is 6.20. The van der Waals surface area contributed by atoms with Gasteiger partial charge in [-0.15, -0.1) is 0 Å². The normalized spacial score (nSPS) is 43.4. The van der Waals surface area contributed by atoms with Crippen molar-refractivity contribution in [2.75, 3.05) is 0 Å². The molecule has 0 radical (unpaired) electrons. The van der Waals surface area contributed by atoms with Gasteiger partial charge in [-0.2, -0.15) is 0 Å². The van der Waals surface area contributed by atoms with Crippen molar-refractivity contribution in [1.82, 2.24) is 0 Å². The molecule has 6 atom stereocenters. The van der Waals surface area contributed by atoms with Crippen LogP contribution in [-0.4, -0.2) is 11.2 Å². The molecule has 1 N–H and O–H groups in total. The van der Waals surface area contributed by atoms with Crippen molar-refractivity contribution >= 4 is 0 Å². The Labute approximate surface area is 180 Å². The van der Waals surface area contributed by atoms with Crippen molar-refractivity contribution in [3.63, 3.8) is 0 Å². The monoisotopic (exact) mass is 398 g/mol. The van der Waals surface area contributed by atoms with Gasteiger partial charge >= 0.3 is 0 Å². The fourth-order valence-corrected chi connectivity index (χ4v) is 8.62.